The van der Waals surface area contributed by atoms with Gasteiger partial charge in [-0.25, -0.2) is 0 Å². The van der Waals surface area contributed by atoms with Crippen LogP contribution in [0.3, 0.4) is 0 Å². The number of hydrogen-bond donors (Lipinski definition) is 1. The lowest BCUT2D eigenvalue weighted by Gasteiger charge is -2.24. The van der Waals surface area contributed by atoms with Crippen LogP contribution in [0.25, 0.3) is 0 Å². The minimum absolute atomic E-state index is 0.175. The molecule has 1 unspecified atom stereocenters. The molecule has 4 nitrogen and oxygen atoms in total. The largest absolute Gasteiger partial charge is 0.481 e. The highest BCUT2D eigenvalue weighted by molar-refractivity contribution is 5.99. The summed E-state index contributed by atoms with van der Waals surface area (Å²) in [6.45, 7) is 0.972. The number of ketones is 1. The lowest BCUT2D eigenvalue weighted by atomic mass is 9.96. The molecule has 0 aromatic rings. The fourth-order valence-electron chi connectivity index (χ4n) is 1.23. The zero-order valence-corrected chi connectivity index (χ0v) is 6.41. The van der Waals surface area contributed by atoms with Gasteiger partial charge in [0.15, 0.2) is 5.78 Å². The van der Waals surface area contributed by atoms with Gasteiger partial charge in [-0.1, -0.05) is 0 Å². The summed E-state index contributed by atoms with van der Waals surface area (Å²) in [6, 6.07) is 0. The van der Waals surface area contributed by atoms with Crippen molar-refractivity contribution in [3.8, 4) is 0 Å². The quantitative estimate of drug-likeness (QED) is 0.526. The number of rotatable bonds is 1. The SMILES string of the molecule is CN1CCC(C(=O)O)C(=O)C1. The molecule has 11 heavy (non-hydrogen) atoms. The molecule has 0 radical (unpaired) electrons. The highest BCUT2D eigenvalue weighted by Gasteiger charge is 2.30. The molecule has 1 aliphatic rings. The van der Waals surface area contributed by atoms with Crippen LogP contribution >= 0.6 is 0 Å². The Balaban J connectivity index is 2.58. The summed E-state index contributed by atoms with van der Waals surface area (Å²) < 4.78 is 0. The number of carbonyl (C=O) groups excluding carboxylic acids is 1. The number of carboxylic acids is 1. The summed E-state index contributed by atoms with van der Waals surface area (Å²) in [5.74, 6) is -1.92. The molecule has 0 saturated carbocycles. The number of hydrogen-bond acceptors (Lipinski definition) is 3. The molecule has 0 spiro atoms. The molecule has 0 amide bonds. The van der Waals surface area contributed by atoms with Crippen molar-refractivity contribution in [1.82, 2.24) is 4.90 Å². The van der Waals surface area contributed by atoms with Crippen molar-refractivity contribution in [2.45, 2.75) is 6.42 Å². The molecule has 1 fully saturated rings. The number of carbonyl (C=O) groups is 2. The maximum atomic E-state index is 11.0. The van der Waals surface area contributed by atoms with E-state index in [1.54, 1.807) is 0 Å². The molecular weight excluding hydrogens is 146 g/mol. The first kappa shape index (κ1) is 8.20. The van der Waals surface area contributed by atoms with E-state index in [0.717, 1.165) is 0 Å². The van der Waals surface area contributed by atoms with Crippen LogP contribution in [0.5, 0.6) is 0 Å². The summed E-state index contributed by atoms with van der Waals surface area (Å²) in [6.07, 6.45) is 0.449. The van der Waals surface area contributed by atoms with Crippen LogP contribution in [0, 0.1) is 5.92 Å². The van der Waals surface area contributed by atoms with Gasteiger partial charge in [0, 0.05) is 0 Å². The second-order valence-electron chi connectivity index (χ2n) is 2.88. The van der Waals surface area contributed by atoms with Gasteiger partial charge in [0.25, 0.3) is 0 Å². The average molecular weight is 157 g/mol. The van der Waals surface area contributed by atoms with Gasteiger partial charge in [-0.15, -0.1) is 0 Å². The van der Waals surface area contributed by atoms with Crippen LogP contribution in [0.2, 0.25) is 0 Å². The van der Waals surface area contributed by atoms with Crippen molar-refractivity contribution in [1.29, 1.82) is 0 Å². The predicted octanol–water partition coefficient (Wildman–Crippen LogP) is -0.408. The predicted molar refractivity (Wildman–Crippen MR) is 38.2 cm³/mol. The highest BCUT2D eigenvalue weighted by atomic mass is 16.4. The van der Waals surface area contributed by atoms with Gasteiger partial charge < -0.3 is 5.11 Å². The zero-order chi connectivity index (χ0) is 8.43. The Labute approximate surface area is 64.8 Å². The van der Waals surface area contributed by atoms with Crippen molar-refractivity contribution in [2.24, 2.45) is 5.92 Å². The fraction of sp³-hybridized carbons (Fsp3) is 0.714. The van der Waals surface area contributed by atoms with Crippen molar-refractivity contribution < 1.29 is 14.7 Å². The van der Waals surface area contributed by atoms with Gasteiger partial charge in [0.05, 0.1) is 6.54 Å². The summed E-state index contributed by atoms with van der Waals surface area (Å²) in [4.78, 5) is 23.3. The maximum Gasteiger partial charge on any atom is 0.314 e. The van der Waals surface area contributed by atoms with Gasteiger partial charge in [0.2, 0.25) is 0 Å². The van der Waals surface area contributed by atoms with E-state index in [4.69, 9.17) is 5.11 Å². The van der Waals surface area contributed by atoms with Crippen molar-refractivity contribution in [3.05, 3.63) is 0 Å². The Hall–Kier alpha value is -0.900. The highest BCUT2D eigenvalue weighted by Crippen LogP contribution is 2.12. The van der Waals surface area contributed by atoms with E-state index in [9.17, 15) is 9.59 Å². The normalized spacial score (nSPS) is 27.0. The molecule has 4 heteroatoms. The topological polar surface area (TPSA) is 57.6 Å². The number of aliphatic carboxylic acids is 1. The molecule has 0 aliphatic carbocycles. The van der Waals surface area contributed by atoms with Gasteiger partial charge in [0.1, 0.15) is 5.92 Å². The molecule has 1 rings (SSSR count). The smallest absolute Gasteiger partial charge is 0.314 e. The third kappa shape index (κ3) is 1.77. The number of likely N-dealkylation sites (N-methyl/N-ethyl adjacent to an activating group) is 1. The molecule has 1 saturated heterocycles. The zero-order valence-electron chi connectivity index (χ0n) is 6.41. The van der Waals surface area contributed by atoms with Crippen LogP contribution in [0.4, 0.5) is 0 Å². The molecule has 1 atom stereocenters. The van der Waals surface area contributed by atoms with Gasteiger partial charge in [-0.05, 0) is 20.0 Å². The second-order valence-corrected chi connectivity index (χ2v) is 2.88. The van der Waals surface area contributed by atoms with Crippen LogP contribution in [0.1, 0.15) is 6.42 Å². The summed E-state index contributed by atoms with van der Waals surface area (Å²) in [7, 11) is 1.82. The van der Waals surface area contributed by atoms with Gasteiger partial charge >= 0.3 is 5.97 Å². The monoisotopic (exact) mass is 157 g/mol. The van der Waals surface area contributed by atoms with Crippen LogP contribution in [-0.2, 0) is 9.59 Å². The fourth-order valence-corrected chi connectivity index (χ4v) is 1.23. The van der Waals surface area contributed by atoms with Crippen LogP contribution in [-0.4, -0.2) is 41.9 Å². The third-order valence-corrected chi connectivity index (χ3v) is 1.91. The maximum absolute atomic E-state index is 11.0. The molecule has 1 N–H and O–H groups in total. The van der Waals surface area contributed by atoms with Crippen LogP contribution < -0.4 is 0 Å². The Kier molecular flexibility index (Phi) is 2.24. The van der Waals surface area contributed by atoms with E-state index < -0.39 is 11.9 Å². The Morgan fingerprint density at radius 1 is 1.73 bits per heavy atom. The molecule has 62 valence electrons. The Morgan fingerprint density at radius 3 is 2.82 bits per heavy atom. The van der Waals surface area contributed by atoms with Gasteiger partial charge in [-0.3, -0.25) is 14.5 Å². The van der Waals surface area contributed by atoms with E-state index in [1.165, 1.54) is 0 Å². The van der Waals surface area contributed by atoms with E-state index in [2.05, 4.69) is 0 Å². The number of carboxylic acid groups (broad SMARTS) is 1. The number of Topliss-reactive ketones (excluding diaryl/α,β-unsaturated/α-hetero) is 1. The molecular formula is C7H11NO3. The first-order valence-electron chi connectivity index (χ1n) is 3.55. The van der Waals surface area contributed by atoms with E-state index in [1.807, 2.05) is 11.9 Å². The van der Waals surface area contributed by atoms with Crippen molar-refractivity contribution in [3.63, 3.8) is 0 Å². The number of likely N-dealkylation sites (tertiary alicyclic amines) is 1. The minimum atomic E-state index is -0.983. The van der Waals surface area contributed by atoms with E-state index in [-0.39, 0.29) is 12.3 Å². The lowest BCUT2D eigenvalue weighted by Crippen LogP contribution is -2.41. The Bertz CT molecular complexity index is 190. The summed E-state index contributed by atoms with van der Waals surface area (Å²) >= 11 is 0. The molecule has 1 aliphatic heterocycles. The Morgan fingerprint density at radius 2 is 2.36 bits per heavy atom. The standard InChI is InChI=1S/C7H11NO3/c1-8-3-2-5(7(10)11)6(9)4-8/h5H,2-4H2,1H3,(H,10,11). The molecule has 0 aromatic carbocycles. The van der Waals surface area contributed by atoms with Gasteiger partial charge in [-0.2, -0.15) is 0 Å². The first-order valence-corrected chi connectivity index (χ1v) is 3.55. The average Bonchev–Trinajstić information content (AvgIpc) is 1.85. The van der Waals surface area contributed by atoms with Crippen molar-refractivity contribution in [2.75, 3.05) is 20.1 Å². The van der Waals surface area contributed by atoms with E-state index in [0.29, 0.717) is 13.0 Å². The molecule has 1 heterocycles. The minimum Gasteiger partial charge on any atom is -0.481 e. The van der Waals surface area contributed by atoms with Crippen LogP contribution in [0.15, 0.2) is 0 Å². The van der Waals surface area contributed by atoms with E-state index >= 15 is 0 Å². The second kappa shape index (κ2) is 3.00. The molecule has 0 bridgehead atoms. The first-order chi connectivity index (χ1) is 5.11. The lowest BCUT2D eigenvalue weighted by molar-refractivity contribution is -0.148. The third-order valence-electron chi connectivity index (χ3n) is 1.91. The summed E-state index contributed by atoms with van der Waals surface area (Å²) in [5, 5.41) is 8.56. The number of nitrogens with zero attached hydrogens (tertiary/aromatic N) is 1. The molecule has 0 aromatic heterocycles. The van der Waals surface area contributed by atoms with Crippen molar-refractivity contribution >= 4 is 11.8 Å². The number of piperidine rings is 1. The summed E-state index contributed by atoms with van der Waals surface area (Å²) in [5.41, 5.74) is 0.